The first-order chi connectivity index (χ1) is 8.33. The highest BCUT2D eigenvalue weighted by Crippen LogP contribution is 2.35. The molecule has 1 saturated carbocycles. The fraction of sp³-hybridized carbons (Fsp3) is 0.933. The van der Waals surface area contributed by atoms with E-state index in [4.69, 9.17) is 0 Å². The van der Waals surface area contributed by atoms with Crippen molar-refractivity contribution >= 4 is 5.91 Å². The van der Waals surface area contributed by atoms with E-state index in [0.717, 1.165) is 0 Å². The fourth-order valence-corrected chi connectivity index (χ4v) is 2.56. The molecule has 0 aromatic carbocycles. The van der Waals surface area contributed by atoms with Crippen LogP contribution >= 0.6 is 0 Å². The summed E-state index contributed by atoms with van der Waals surface area (Å²) in [6.45, 7) is 11.4. The van der Waals surface area contributed by atoms with Crippen LogP contribution < -0.4 is 10.6 Å². The second-order valence-corrected chi connectivity index (χ2v) is 6.77. The van der Waals surface area contributed by atoms with Gasteiger partial charge in [-0.05, 0) is 31.1 Å². The molecule has 0 radical (unpaired) electrons. The maximum Gasteiger partial charge on any atom is 0.234 e. The summed E-state index contributed by atoms with van der Waals surface area (Å²) in [5.41, 5.74) is 0.322. The summed E-state index contributed by atoms with van der Waals surface area (Å²) < 4.78 is 0. The Morgan fingerprint density at radius 3 is 2.50 bits per heavy atom. The van der Waals surface area contributed by atoms with Gasteiger partial charge in [-0.25, -0.2) is 0 Å². The third-order valence-electron chi connectivity index (χ3n) is 4.40. The number of carbonyl (C=O) groups excluding carboxylic acids is 1. The number of hydrogen-bond acceptors (Lipinski definition) is 2. The topological polar surface area (TPSA) is 41.1 Å². The molecule has 1 aliphatic rings. The van der Waals surface area contributed by atoms with Crippen LogP contribution in [0.3, 0.4) is 0 Å². The van der Waals surface area contributed by atoms with E-state index in [2.05, 4.69) is 45.3 Å². The molecule has 1 rings (SSSR count). The van der Waals surface area contributed by atoms with Gasteiger partial charge in [0.2, 0.25) is 5.91 Å². The second-order valence-electron chi connectivity index (χ2n) is 6.77. The molecule has 1 aliphatic carbocycles. The molecule has 0 heterocycles. The highest BCUT2D eigenvalue weighted by atomic mass is 16.1. The molecule has 0 spiro atoms. The van der Waals surface area contributed by atoms with Crippen molar-refractivity contribution < 1.29 is 4.79 Å². The van der Waals surface area contributed by atoms with Gasteiger partial charge in [-0.3, -0.25) is 4.79 Å². The Balaban J connectivity index is 2.33. The van der Waals surface area contributed by atoms with Crippen LogP contribution in [0.25, 0.3) is 0 Å². The Morgan fingerprint density at radius 2 is 1.94 bits per heavy atom. The third kappa shape index (κ3) is 4.60. The molecular formula is C15H30N2O. The lowest BCUT2D eigenvalue weighted by Crippen LogP contribution is -2.49. The van der Waals surface area contributed by atoms with Gasteiger partial charge in [0.1, 0.15) is 0 Å². The quantitative estimate of drug-likeness (QED) is 0.792. The van der Waals surface area contributed by atoms with Crippen molar-refractivity contribution in [1.29, 1.82) is 0 Å². The first kappa shape index (κ1) is 15.5. The highest BCUT2D eigenvalue weighted by molar-refractivity contribution is 5.78. The van der Waals surface area contributed by atoms with Crippen LogP contribution in [0.1, 0.15) is 60.3 Å². The lowest BCUT2D eigenvalue weighted by atomic mass is 9.73. The Labute approximate surface area is 112 Å². The van der Waals surface area contributed by atoms with Gasteiger partial charge in [0, 0.05) is 12.1 Å². The first-order valence-electron chi connectivity index (χ1n) is 7.35. The SMILES string of the molecule is CC(C)C(C)NC(=O)CNC1CCCCC1(C)C. The zero-order valence-electron chi connectivity index (χ0n) is 12.7. The fourth-order valence-electron chi connectivity index (χ4n) is 2.56. The monoisotopic (exact) mass is 254 g/mol. The molecule has 3 nitrogen and oxygen atoms in total. The van der Waals surface area contributed by atoms with Gasteiger partial charge in [-0.1, -0.05) is 40.5 Å². The van der Waals surface area contributed by atoms with Crippen molar-refractivity contribution in [2.45, 2.75) is 72.4 Å². The third-order valence-corrected chi connectivity index (χ3v) is 4.40. The van der Waals surface area contributed by atoms with Crippen LogP contribution in [0, 0.1) is 11.3 Å². The molecule has 2 unspecified atom stereocenters. The largest absolute Gasteiger partial charge is 0.352 e. The molecule has 0 aromatic rings. The predicted molar refractivity (Wildman–Crippen MR) is 76.5 cm³/mol. The number of carbonyl (C=O) groups is 1. The van der Waals surface area contributed by atoms with Gasteiger partial charge in [0.25, 0.3) is 0 Å². The Bertz CT molecular complexity index is 274. The molecule has 0 aliphatic heterocycles. The van der Waals surface area contributed by atoms with E-state index in [9.17, 15) is 4.79 Å². The van der Waals surface area contributed by atoms with Crippen molar-refractivity contribution in [3.63, 3.8) is 0 Å². The molecule has 18 heavy (non-hydrogen) atoms. The summed E-state index contributed by atoms with van der Waals surface area (Å²) in [6.07, 6.45) is 5.06. The smallest absolute Gasteiger partial charge is 0.234 e. The minimum Gasteiger partial charge on any atom is -0.352 e. The number of nitrogens with one attached hydrogen (secondary N) is 2. The van der Waals surface area contributed by atoms with Crippen LogP contribution in [-0.4, -0.2) is 24.5 Å². The average molecular weight is 254 g/mol. The summed E-state index contributed by atoms with van der Waals surface area (Å²) in [6, 6.07) is 0.727. The van der Waals surface area contributed by atoms with E-state index in [0.29, 0.717) is 23.9 Å². The number of rotatable bonds is 5. The molecule has 0 aromatic heterocycles. The first-order valence-corrected chi connectivity index (χ1v) is 7.35. The predicted octanol–water partition coefficient (Wildman–Crippen LogP) is 2.71. The minimum atomic E-state index is 0.123. The van der Waals surface area contributed by atoms with Gasteiger partial charge in [-0.15, -0.1) is 0 Å². The molecule has 2 N–H and O–H groups in total. The second kappa shape index (κ2) is 6.55. The van der Waals surface area contributed by atoms with Crippen LogP contribution in [0.15, 0.2) is 0 Å². The van der Waals surface area contributed by atoms with Crippen molar-refractivity contribution in [1.82, 2.24) is 10.6 Å². The van der Waals surface area contributed by atoms with Gasteiger partial charge in [-0.2, -0.15) is 0 Å². The van der Waals surface area contributed by atoms with E-state index in [1.807, 2.05) is 0 Å². The lowest BCUT2D eigenvalue weighted by molar-refractivity contribution is -0.121. The van der Waals surface area contributed by atoms with Gasteiger partial charge in [0.05, 0.1) is 6.54 Å². The normalized spacial score (nSPS) is 24.9. The zero-order chi connectivity index (χ0) is 13.8. The van der Waals surface area contributed by atoms with Gasteiger partial charge in [0.15, 0.2) is 0 Å². The van der Waals surface area contributed by atoms with Crippen LogP contribution in [0.2, 0.25) is 0 Å². The van der Waals surface area contributed by atoms with Crippen LogP contribution in [-0.2, 0) is 4.79 Å². The molecule has 1 amide bonds. The van der Waals surface area contributed by atoms with Crippen molar-refractivity contribution in [2.24, 2.45) is 11.3 Å². The summed E-state index contributed by atoms with van der Waals surface area (Å²) in [5, 5.41) is 6.49. The van der Waals surface area contributed by atoms with E-state index in [1.165, 1.54) is 25.7 Å². The van der Waals surface area contributed by atoms with Gasteiger partial charge >= 0.3 is 0 Å². The van der Waals surface area contributed by atoms with Crippen molar-refractivity contribution in [2.75, 3.05) is 6.54 Å². The van der Waals surface area contributed by atoms with E-state index >= 15 is 0 Å². The Morgan fingerprint density at radius 1 is 1.28 bits per heavy atom. The maximum atomic E-state index is 11.8. The van der Waals surface area contributed by atoms with Crippen LogP contribution in [0.5, 0.6) is 0 Å². The molecule has 106 valence electrons. The molecule has 2 atom stereocenters. The summed E-state index contributed by atoms with van der Waals surface area (Å²) in [5.74, 6) is 0.609. The van der Waals surface area contributed by atoms with E-state index < -0.39 is 0 Å². The summed E-state index contributed by atoms with van der Waals surface area (Å²) in [7, 11) is 0. The average Bonchev–Trinajstić information content (AvgIpc) is 2.26. The highest BCUT2D eigenvalue weighted by Gasteiger charge is 2.31. The van der Waals surface area contributed by atoms with E-state index in [-0.39, 0.29) is 11.9 Å². The Hall–Kier alpha value is -0.570. The molecule has 0 saturated heterocycles. The molecule has 0 bridgehead atoms. The number of hydrogen-bond donors (Lipinski definition) is 2. The lowest BCUT2D eigenvalue weighted by Gasteiger charge is -2.39. The van der Waals surface area contributed by atoms with Crippen molar-refractivity contribution in [3.05, 3.63) is 0 Å². The summed E-state index contributed by atoms with van der Waals surface area (Å²) in [4.78, 5) is 11.8. The minimum absolute atomic E-state index is 0.123. The van der Waals surface area contributed by atoms with Crippen molar-refractivity contribution in [3.8, 4) is 0 Å². The van der Waals surface area contributed by atoms with Crippen LogP contribution in [0.4, 0.5) is 0 Å². The molecule has 1 fully saturated rings. The molecule has 3 heteroatoms. The Kier molecular flexibility index (Phi) is 5.64. The standard InChI is InChI=1S/C15H30N2O/c1-11(2)12(3)17-14(18)10-16-13-8-6-7-9-15(13,4)5/h11-13,16H,6-10H2,1-5H3,(H,17,18). The maximum absolute atomic E-state index is 11.8. The molecular weight excluding hydrogens is 224 g/mol. The number of amides is 1. The summed E-state index contributed by atoms with van der Waals surface area (Å²) >= 11 is 0. The van der Waals surface area contributed by atoms with Gasteiger partial charge < -0.3 is 10.6 Å². The van der Waals surface area contributed by atoms with E-state index in [1.54, 1.807) is 0 Å². The zero-order valence-corrected chi connectivity index (χ0v) is 12.7.